The highest BCUT2D eigenvalue weighted by Gasteiger charge is 2.29. The van der Waals surface area contributed by atoms with Crippen LogP contribution in [0.15, 0.2) is 24.3 Å². The van der Waals surface area contributed by atoms with Gasteiger partial charge in [-0.1, -0.05) is 0 Å². The highest BCUT2D eigenvalue weighted by molar-refractivity contribution is 5.28. The lowest BCUT2D eigenvalue weighted by Crippen LogP contribution is -2.09. The third-order valence-electron chi connectivity index (χ3n) is 2.27. The van der Waals surface area contributed by atoms with Gasteiger partial charge in [0, 0.05) is 0 Å². The maximum absolute atomic E-state index is 12.3. The van der Waals surface area contributed by atoms with Crippen LogP contribution in [0.1, 0.15) is 18.4 Å². The van der Waals surface area contributed by atoms with E-state index in [1.807, 2.05) is 7.05 Å². The molecule has 0 atom stereocenters. The molecule has 0 bridgehead atoms. The summed E-state index contributed by atoms with van der Waals surface area (Å²) in [6, 6.07) is 4.76. The minimum atomic E-state index is -4.29. The summed E-state index contributed by atoms with van der Waals surface area (Å²) >= 11 is 0. The molecule has 1 N–H and O–H groups in total. The highest BCUT2D eigenvalue weighted by Crippen LogP contribution is 2.30. The molecule has 1 aromatic rings. The van der Waals surface area contributed by atoms with E-state index in [2.05, 4.69) is 5.32 Å². The second-order valence-electron chi connectivity index (χ2n) is 3.68. The van der Waals surface area contributed by atoms with Gasteiger partial charge in [0.25, 0.3) is 0 Å². The van der Waals surface area contributed by atoms with Gasteiger partial charge in [-0.25, -0.2) is 0 Å². The van der Waals surface area contributed by atoms with Crippen LogP contribution in [0.5, 0.6) is 5.75 Å². The van der Waals surface area contributed by atoms with Crippen LogP contribution in [0.3, 0.4) is 0 Å². The molecular weight excluding hydrogens is 231 g/mol. The van der Waals surface area contributed by atoms with Gasteiger partial charge >= 0.3 is 6.18 Å². The van der Waals surface area contributed by atoms with Gasteiger partial charge in [0.1, 0.15) is 5.75 Å². The van der Waals surface area contributed by atoms with Gasteiger partial charge in [-0.2, -0.15) is 13.2 Å². The van der Waals surface area contributed by atoms with E-state index in [0.717, 1.165) is 31.5 Å². The fourth-order valence-corrected chi connectivity index (χ4v) is 1.33. The van der Waals surface area contributed by atoms with Crippen LogP contribution in [0.25, 0.3) is 0 Å². The molecular formula is C12H16F3NO. The zero-order chi connectivity index (χ0) is 12.7. The largest absolute Gasteiger partial charge is 0.494 e. The number of hydrogen-bond donors (Lipinski definition) is 1. The van der Waals surface area contributed by atoms with Gasteiger partial charge in [0.2, 0.25) is 0 Å². The molecule has 0 aliphatic rings. The van der Waals surface area contributed by atoms with E-state index in [1.165, 1.54) is 12.1 Å². The Morgan fingerprint density at radius 3 is 2.29 bits per heavy atom. The molecule has 0 fully saturated rings. The number of halogens is 3. The predicted octanol–water partition coefficient (Wildman–Crippen LogP) is 3.08. The first-order valence-electron chi connectivity index (χ1n) is 5.48. The van der Waals surface area contributed by atoms with Crippen LogP contribution >= 0.6 is 0 Å². The molecule has 0 spiro atoms. The summed E-state index contributed by atoms with van der Waals surface area (Å²) in [4.78, 5) is 0. The first-order chi connectivity index (χ1) is 8.04. The summed E-state index contributed by atoms with van der Waals surface area (Å²) in [5, 5.41) is 3.01. The molecule has 1 aromatic carbocycles. The second kappa shape index (κ2) is 6.49. The minimum Gasteiger partial charge on any atom is -0.494 e. The number of hydrogen-bond acceptors (Lipinski definition) is 2. The summed E-state index contributed by atoms with van der Waals surface area (Å²) in [5.41, 5.74) is -0.653. The van der Waals surface area contributed by atoms with Gasteiger partial charge in [0.05, 0.1) is 12.2 Å². The fourth-order valence-electron chi connectivity index (χ4n) is 1.33. The van der Waals surface area contributed by atoms with E-state index in [-0.39, 0.29) is 0 Å². The molecule has 0 radical (unpaired) electrons. The Morgan fingerprint density at radius 2 is 1.76 bits per heavy atom. The van der Waals surface area contributed by atoms with Gasteiger partial charge in [-0.3, -0.25) is 0 Å². The summed E-state index contributed by atoms with van der Waals surface area (Å²) in [5.74, 6) is 0.474. The summed E-state index contributed by atoms with van der Waals surface area (Å²) < 4.78 is 42.1. The van der Waals surface area contributed by atoms with Crippen molar-refractivity contribution in [2.45, 2.75) is 19.0 Å². The van der Waals surface area contributed by atoms with Crippen LogP contribution in [-0.4, -0.2) is 20.2 Å². The van der Waals surface area contributed by atoms with Crippen molar-refractivity contribution in [2.75, 3.05) is 20.2 Å². The average molecular weight is 247 g/mol. The maximum Gasteiger partial charge on any atom is 0.416 e. The SMILES string of the molecule is CNCCCCOc1ccc(C(F)(F)F)cc1. The van der Waals surface area contributed by atoms with E-state index in [1.54, 1.807) is 0 Å². The third-order valence-corrected chi connectivity index (χ3v) is 2.27. The molecule has 5 heteroatoms. The monoisotopic (exact) mass is 247 g/mol. The van der Waals surface area contributed by atoms with Crippen molar-refractivity contribution in [2.24, 2.45) is 0 Å². The Morgan fingerprint density at radius 1 is 1.12 bits per heavy atom. The Balaban J connectivity index is 2.36. The molecule has 0 amide bonds. The van der Waals surface area contributed by atoms with Crippen molar-refractivity contribution in [1.82, 2.24) is 5.32 Å². The number of unbranched alkanes of at least 4 members (excludes halogenated alkanes) is 1. The third kappa shape index (κ3) is 5.08. The second-order valence-corrected chi connectivity index (χ2v) is 3.68. The van der Waals surface area contributed by atoms with Crippen molar-refractivity contribution in [3.8, 4) is 5.75 Å². The van der Waals surface area contributed by atoms with Crippen molar-refractivity contribution in [3.63, 3.8) is 0 Å². The minimum absolute atomic E-state index is 0.474. The molecule has 1 rings (SSSR count). The Hall–Kier alpha value is -1.23. The van der Waals surface area contributed by atoms with Crippen LogP contribution in [0.2, 0.25) is 0 Å². The fraction of sp³-hybridized carbons (Fsp3) is 0.500. The van der Waals surface area contributed by atoms with Gasteiger partial charge in [0.15, 0.2) is 0 Å². The van der Waals surface area contributed by atoms with E-state index < -0.39 is 11.7 Å². The van der Waals surface area contributed by atoms with E-state index >= 15 is 0 Å². The Kier molecular flexibility index (Phi) is 5.28. The molecule has 17 heavy (non-hydrogen) atoms. The maximum atomic E-state index is 12.3. The molecule has 0 heterocycles. The Bertz CT molecular complexity index is 322. The average Bonchev–Trinajstić information content (AvgIpc) is 2.28. The highest BCUT2D eigenvalue weighted by atomic mass is 19.4. The van der Waals surface area contributed by atoms with Crippen LogP contribution < -0.4 is 10.1 Å². The number of nitrogens with one attached hydrogen (secondary N) is 1. The number of rotatable bonds is 6. The molecule has 0 unspecified atom stereocenters. The normalized spacial score (nSPS) is 11.5. The Labute approximate surface area is 98.8 Å². The molecule has 2 nitrogen and oxygen atoms in total. The molecule has 0 saturated carbocycles. The van der Waals surface area contributed by atoms with Crippen LogP contribution in [0.4, 0.5) is 13.2 Å². The smallest absolute Gasteiger partial charge is 0.416 e. The lowest BCUT2D eigenvalue weighted by Gasteiger charge is -2.09. The lowest BCUT2D eigenvalue weighted by atomic mass is 10.2. The summed E-state index contributed by atoms with van der Waals surface area (Å²) in [7, 11) is 1.87. The van der Waals surface area contributed by atoms with Crippen molar-refractivity contribution < 1.29 is 17.9 Å². The first-order valence-corrected chi connectivity index (χ1v) is 5.48. The van der Waals surface area contributed by atoms with Crippen LogP contribution in [0, 0.1) is 0 Å². The van der Waals surface area contributed by atoms with Crippen molar-refractivity contribution >= 4 is 0 Å². The van der Waals surface area contributed by atoms with E-state index in [9.17, 15) is 13.2 Å². The quantitative estimate of drug-likeness (QED) is 0.780. The van der Waals surface area contributed by atoms with Crippen molar-refractivity contribution in [3.05, 3.63) is 29.8 Å². The first kappa shape index (κ1) is 13.8. The topological polar surface area (TPSA) is 21.3 Å². The number of alkyl halides is 3. The molecule has 0 aromatic heterocycles. The van der Waals surface area contributed by atoms with E-state index in [4.69, 9.17) is 4.74 Å². The van der Waals surface area contributed by atoms with Gasteiger partial charge in [-0.15, -0.1) is 0 Å². The predicted molar refractivity (Wildman–Crippen MR) is 60.1 cm³/mol. The number of benzene rings is 1. The van der Waals surface area contributed by atoms with Gasteiger partial charge in [-0.05, 0) is 50.7 Å². The zero-order valence-corrected chi connectivity index (χ0v) is 9.68. The lowest BCUT2D eigenvalue weighted by molar-refractivity contribution is -0.137. The standard InChI is InChI=1S/C12H16F3NO/c1-16-8-2-3-9-17-11-6-4-10(5-7-11)12(13,14)15/h4-7,16H,2-3,8-9H2,1H3. The van der Waals surface area contributed by atoms with Crippen LogP contribution in [-0.2, 0) is 6.18 Å². The number of ether oxygens (including phenoxy) is 1. The summed E-state index contributed by atoms with van der Waals surface area (Å²) in [6.07, 6.45) is -2.43. The zero-order valence-electron chi connectivity index (χ0n) is 9.68. The molecule has 0 aliphatic heterocycles. The molecule has 96 valence electrons. The molecule has 0 saturated heterocycles. The molecule has 0 aliphatic carbocycles. The summed E-state index contributed by atoms with van der Waals surface area (Å²) in [6.45, 7) is 1.43. The van der Waals surface area contributed by atoms with E-state index in [0.29, 0.717) is 12.4 Å². The van der Waals surface area contributed by atoms with Crippen molar-refractivity contribution in [1.29, 1.82) is 0 Å². The van der Waals surface area contributed by atoms with Gasteiger partial charge < -0.3 is 10.1 Å².